The molecule has 0 saturated heterocycles. The number of sulfonamides is 1. The standard InChI is InChI=1S/C13H23N3O2S/c1-10-13(11(2)15(3)14-10)19(17,18)16(4)12-8-6-5-7-9-12/h12H,5-9H2,1-4H3. The Morgan fingerprint density at radius 1 is 1.21 bits per heavy atom. The first kappa shape index (κ1) is 14.5. The van der Waals surface area contributed by atoms with Crippen LogP contribution in [0.15, 0.2) is 4.90 Å². The fourth-order valence-electron chi connectivity index (χ4n) is 2.91. The van der Waals surface area contributed by atoms with Gasteiger partial charge in [0.15, 0.2) is 0 Å². The summed E-state index contributed by atoms with van der Waals surface area (Å²) in [5.41, 5.74) is 1.29. The van der Waals surface area contributed by atoms with Crippen LogP contribution in [-0.2, 0) is 17.1 Å². The normalized spacial score (nSPS) is 18.2. The summed E-state index contributed by atoms with van der Waals surface area (Å²) >= 11 is 0. The number of rotatable bonds is 3. The van der Waals surface area contributed by atoms with Crippen molar-refractivity contribution in [2.75, 3.05) is 7.05 Å². The van der Waals surface area contributed by atoms with Crippen molar-refractivity contribution in [1.82, 2.24) is 14.1 Å². The van der Waals surface area contributed by atoms with E-state index in [0.29, 0.717) is 16.3 Å². The number of aromatic nitrogens is 2. The molecule has 0 amide bonds. The van der Waals surface area contributed by atoms with Gasteiger partial charge >= 0.3 is 0 Å². The molecular weight excluding hydrogens is 262 g/mol. The minimum atomic E-state index is -3.43. The summed E-state index contributed by atoms with van der Waals surface area (Å²) in [6, 6.07) is 0.137. The lowest BCUT2D eigenvalue weighted by atomic mass is 9.96. The van der Waals surface area contributed by atoms with Crippen molar-refractivity contribution in [3.63, 3.8) is 0 Å². The van der Waals surface area contributed by atoms with Gasteiger partial charge in [-0.15, -0.1) is 0 Å². The summed E-state index contributed by atoms with van der Waals surface area (Å²) in [5, 5.41) is 4.22. The maximum absolute atomic E-state index is 12.8. The molecule has 1 fully saturated rings. The summed E-state index contributed by atoms with van der Waals surface area (Å²) in [6.45, 7) is 3.57. The van der Waals surface area contributed by atoms with Gasteiger partial charge in [0, 0.05) is 20.1 Å². The van der Waals surface area contributed by atoms with Crippen LogP contribution in [0.5, 0.6) is 0 Å². The van der Waals surface area contributed by atoms with Crippen molar-refractivity contribution in [3.05, 3.63) is 11.4 Å². The summed E-state index contributed by atoms with van der Waals surface area (Å²) in [7, 11) is 0.0562. The van der Waals surface area contributed by atoms with Gasteiger partial charge in [-0.25, -0.2) is 8.42 Å². The van der Waals surface area contributed by atoms with Gasteiger partial charge in [0.05, 0.1) is 11.4 Å². The lowest BCUT2D eigenvalue weighted by Gasteiger charge is -2.30. The van der Waals surface area contributed by atoms with Crippen LogP contribution in [0.3, 0.4) is 0 Å². The van der Waals surface area contributed by atoms with Gasteiger partial charge in [-0.3, -0.25) is 4.68 Å². The summed E-state index contributed by atoms with van der Waals surface area (Å²) in [6.07, 6.45) is 5.39. The highest BCUT2D eigenvalue weighted by Gasteiger charge is 2.33. The van der Waals surface area contributed by atoms with Gasteiger partial charge in [-0.1, -0.05) is 19.3 Å². The average molecular weight is 285 g/mol. The molecule has 1 aromatic rings. The Balaban J connectivity index is 2.36. The molecule has 6 heteroatoms. The smallest absolute Gasteiger partial charge is 0.246 e. The number of nitrogens with zero attached hydrogens (tertiary/aromatic N) is 3. The van der Waals surface area contributed by atoms with Crippen molar-refractivity contribution in [3.8, 4) is 0 Å². The summed E-state index contributed by atoms with van der Waals surface area (Å²) in [4.78, 5) is 0.378. The molecule has 108 valence electrons. The fourth-order valence-corrected chi connectivity index (χ4v) is 4.72. The number of hydrogen-bond donors (Lipinski definition) is 0. The summed E-state index contributed by atoms with van der Waals surface area (Å²) in [5.74, 6) is 0. The lowest BCUT2D eigenvalue weighted by Crippen LogP contribution is -2.38. The molecule has 0 aromatic carbocycles. The van der Waals surface area contributed by atoms with Crippen LogP contribution in [0.4, 0.5) is 0 Å². The zero-order valence-electron chi connectivity index (χ0n) is 12.2. The molecule has 0 spiro atoms. The largest absolute Gasteiger partial charge is 0.271 e. The van der Waals surface area contributed by atoms with Crippen molar-refractivity contribution < 1.29 is 8.42 Å². The molecular formula is C13H23N3O2S. The molecule has 0 N–H and O–H groups in total. The Kier molecular flexibility index (Phi) is 4.01. The van der Waals surface area contributed by atoms with E-state index in [2.05, 4.69) is 5.10 Å². The Bertz CT molecular complexity index is 557. The van der Waals surface area contributed by atoms with Gasteiger partial charge < -0.3 is 0 Å². The molecule has 1 aliphatic rings. The zero-order chi connectivity index (χ0) is 14.2. The molecule has 1 aliphatic carbocycles. The first-order valence-electron chi connectivity index (χ1n) is 6.84. The van der Waals surface area contributed by atoms with E-state index in [1.54, 1.807) is 30.0 Å². The molecule has 1 aromatic heterocycles. The van der Waals surface area contributed by atoms with Crippen molar-refractivity contribution >= 4 is 10.0 Å². The van der Waals surface area contributed by atoms with Crippen LogP contribution < -0.4 is 0 Å². The maximum atomic E-state index is 12.8. The Morgan fingerprint density at radius 2 is 1.79 bits per heavy atom. The van der Waals surface area contributed by atoms with Crippen LogP contribution in [0.1, 0.15) is 43.5 Å². The Labute approximate surface area is 115 Å². The minimum Gasteiger partial charge on any atom is -0.271 e. The highest BCUT2D eigenvalue weighted by Crippen LogP contribution is 2.28. The van der Waals surface area contributed by atoms with Crippen LogP contribution in [0, 0.1) is 13.8 Å². The molecule has 0 radical (unpaired) electrons. The quantitative estimate of drug-likeness (QED) is 0.853. The van der Waals surface area contributed by atoms with Crippen molar-refractivity contribution in [1.29, 1.82) is 0 Å². The second kappa shape index (κ2) is 5.25. The fraction of sp³-hybridized carbons (Fsp3) is 0.769. The van der Waals surface area contributed by atoms with E-state index < -0.39 is 10.0 Å². The molecule has 1 heterocycles. The van der Waals surface area contributed by atoms with E-state index in [4.69, 9.17) is 0 Å². The minimum absolute atomic E-state index is 0.137. The third-order valence-electron chi connectivity index (χ3n) is 4.17. The van der Waals surface area contributed by atoms with E-state index in [-0.39, 0.29) is 6.04 Å². The van der Waals surface area contributed by atoms with Gasteiger partial charge in [0.1, 0.15) is 4.90 Å². The van der Waals surface area contributed by atoms with Gasteiger partial charge in [0.2, 0.25) is 10.0 Å². The van der Waals surface area contributed by atoms with E-state index in [1.165, 1.54) is 6.42 Å². The number of aryl methyl sites for hydroxylation is 2. The molecule has 19 heavy (non-hydrogen) atoms. The van der Waals surface area contributed by atoms with Crippen LogP contribution in [0.25, 0.3) is 0 Å². The number of hydrogen-bond acceptors (Lipinski definition) is 3. The zero-order valence-corrected chi connectivity index (χ0v) is 13.0. The predicted octanol–water partition coefficient (Wildman–Crippen LogP) is 1.99. The monoisotopic (exact) mass is 285 g/mol. The SMILES string of the molecule is Cc1nn(C)c(C)c1S(=O)(=O)N(C)C1CCCCC1. The molecule has 2 rings (SSSR count). The maximum Gasteiger partial charge on any atom is 0.246 e. The summed E-state index contributed by atoms with van der Waals surface area (Å²) < 4.78 is 28.7. The third kappa shape index (κ3) is 2.56. The van der Waals surface area contributed by atoms with E-state index in [0.717, 1.165) is 25.7 Å². The lowest BCUT2D eigenvalue weighted by molar-refractivity contribution is 0.285. The topological polar surface area (TPSA) is 55.2 Å². The second-order valence-electron chi connectivity index (χ2n) is 5.44. The third-order valence-corrected chi connectivity index (χ3v) is 6.33. The second-order valence-corrected chi connectivity index (χ2v) is 7.37. The molecule has 0 unspecified atom stereocenters. The highest BCUT2D eigenvalue weighted by atomic mass is 32.2. The van der Waals surface area contributed by atoms with Crippen LogP contribution in [0.2, 0.25) is 0 Å². The first-order chi connectivity index (χ1) is 8.85. The molecule has 1 saturated carbocycles. The van der Waals surface area contributed by atoms with Gasteiger partial charge in [0.25, 0.3) is 0 Å². The molecule has 0 atom stereocenters. The van der Waals surface area contributed by atoms with Crippen molar-refractivity contribution in [2.45, 2.75) is 56.9 Å². The highest BCUT2D eigenvalue weighted by molar-refractivity contribution is 7.89. The van der Waals surface area contributed by atoms with Crippen LogP contribution in [-0.4, -0.2) is 35.6 Å². The molecule has 5 nitrogen and oxygen atoms in total. The van der Waals surface area contributed by atoms with Crippen molar-refractivity contribution in [2.24, 2.45) is 7.05 Å². The van der Waals surface area contributed by atoms with E-state index >= 15 is 0 Å². The predicted molar refractivity (Wildman–Crippen MR) is 74.5 cm³/mol. The first-order valence-corrected chi connectivity index (χ1v) is 8.28. The average Bonchev–Trinajstić information content (AvgIpc) is 2.63. The molecule has 0 bridgehead atoms. The van der Waals surface area contributed by atoms with Gasteiger partial charge in [-0.2, -0.15) is 9.40 Å². The van der Waals surface area contributed by atoms with Crippen LogP contribution >= 0.6 is 0 Å². The Morgan fingerprint density at radius 3 is 2.26 bits per heavy atom. The van der Waals surface area contributed by atoms with E-state index in [9.17, 15) is 8.42 Å². The Hall–Kier alpha value is -0.880. The van der Waals surface area contributed by atoms with Gasteiger partial charge in [-0.05, 0) is 26.7 Å². The van der Waals surface area contributed by atoms with E-state index in [1.807, 2.05) is 6.92 Å². The molecule has 0 aliphatic heterocycles.